The van der Waals surface area contributed by atoms with Gasteiger partial charge in [-0.1, -0.05) is 12.1 Å². The van der Waals surface area contributed by atoms with Gasteiger partial charge in [0.2, 0.25) is 11.8 Å². The number of nitrogens with one attached hydrogen (secondary N) is 2. The van der Waals surface area contributed by atoms with Crippen LogP contribution in [0.4, 0.5) is 5.13 Å². The van der Waals surface area contributed by atoms with Gasteiger partial charge < -0.3 is 16.0 Å². The first-order valence-electron chi connectivity index (χ1n) is 9.13. The lowest BCUT2D eigenvalue weighted by molar-refractivity contribution is -0.136. The van der Waals surface area contributed by atoms with E-state index in [1.165, 1.54) is 11.3 Å². The van der Waals surface area contributed by atoms with E-state index in [-0.39, 0.29) is 24.3 Å². The normalized spacial score (nSPS) is 20.1. The van der Waals surface area contributed by atoms with Gasteiger partial charge in [-0.15, -0.1) is 11.3 Å². The van der Waals surface area contributed by atoms with Crippen molar-refractivity contribution < 1.29 is 14.4 Å². The van der Waals surface area contributed by atoms with E-state index in [9.17, 15) is 14.4 Å². The largest absolute Gasteiger partial charge is 0.357 e. The van der Waals surface area contributed by atoms with Gasteiger partial charge in [0, 0.05) is 36.5 Å². The van der Waals surface area contributed by atoms with Crippen LogP contribution in [0.3, 0.4) is 0 Å². The molecule has 3 heterocycles. The molecule has 1 unspecified atom stereocenters. The number of nitrogens with zero attached hydrogens (tertiary/aromatic N) is 2. The molecule has 0 saturated carbocycles. The third-order valence-electron chi connectivity index (χ3n) is 5.02. The summed E-state index contributed by atoms with van der Waals surface area (Å²) in [6, 6.07) is 4.99. The Kier molecular flexibility index (Phi) is 4.86. The molecule has 2 aliphatic rings. The van der Waals surface area contributed by atoms with Gasteiger partial charge in [-0.2, -0.15) is 0 Å². The van der Waals surface area contributed by atoms with Crippen LogP contribution in [0.2, 0.25) is 0 Å². The van der Waals surface area contributed by atoms with Crippen LogP contribution in [-0.2, 0) is 22.7 Å². The topological polar surface area (TPSA) is 117 Å². The molecule has 0 radical (unpaired) electrons. The van der Waals surface area contributed by atoms with Crippen molar-refractivity contribution in [1.29, 1.82) is 0 Å². The Bertz CT molecular complexity index is 955. The Morgan fingerprint density at radius 3 is 2.93 bits per heavy atom. The maximum atomic E-state index is 12.7. The number of fused-ring (bicyclic) bond motifs is 1. The predicted octanol–water partition coefficient (Wildman–Crippen LogP) is 1.54. The zero-order chi connectivity index (χ0) is 19.8. The van der Waals surface area contributed by atoms with Crippen LogP contribution in [0.1, 0.15) is 53.0 Å². The maximum absolute atomic E-state index is 12.7. The fourth-order valence-electron chi connectivity index (χ4n) is 3.49. The number of anilines is 1. The number of piperidine rings is 1. The summed E-state index contributed by atoms with van der Waals surface area (Å²) in [5.74, 6) is -0.841. The second kappa shape index (κ2) is 7.33. The lowest BCUT2D eigenvalue weighted by Gasteiger charge is -2.29. The molecular weight excluding hydrogens is 378 g/mol. The highest BCUT2D eigenvalue weighted by molar-refractivity contribution is 7.13. The average Bonchev–Trinajstić information content (AvgIpc) is 3.25. The van der Waals surface area contributed by atoms with E-state index in [2.05, 4.69) is 15.6 Å². The van der Waals surface area contributed by atoms with Crippen LogP contribution < -0.4 is 16.4 Å². The van der Waals surface area contributed by atoms with Crippen LogP contribution in [-0.4, -0.2) is 33.6 Å². The summed E-state index contributed by atoms with van der Waals surface area (Å²) >= 11 is 1.51. The van der Waals surface area contributed by atoms with Crippen molar-refractivity contribution in [2.24, 2.45) is 5.73 Å². The van der Waals surface area contributed by atoms with Crippen molar-refractivity contribution in [3.05, 3.63) is 46.0 Å². The van der Waals surface area contributed by atoms with Gasteiger partial charge in [0.15, 0.2) is 5.13 Å². The second-order valence-corrected chi connectivity index (χ2v) is 7.97. The van der Waals surface area contributed by atoms with Crippen molar-refractivity contribution in [1.82, 2.24) is 15.2 Å². The number of thiazole rings is 1. The third-order valence-corrected chi connectivity index (χ3v) is 5.84. The van der Waals surface area contributed by atoms with Crippen LogP contribution in [0.5, 0.6) is 0 Å². The highest BCUT2D eigenvalue weighted by Gasteiger charge is 2.38. The Morgan fingerprint density at radius 1 is 1.39 bits per heavy atom. The van der Waals surface area contributed by atoms with Gasteiger partial charge in [0.25, 0.3) is 5.91 Å². The first-order valence-corrected chi connectivity index (χ1v) is 10.0. The Hall–Kier alpha value is -2.78. The fraction of sp³-hybridized carbons (Fsp3) is 0.368. The maximum Gasteiger partial charge on any atom is 0.255 e. The van der Waals surface area contributed by atoms with Gasteiger partial charge in [-0.3, -0.25) is 19.7 Å². The molecule has 0 aliphatic carbocycles. The van der Waals surface area contributed by atoms with Crippen molar-refractivity contribution in [3.8, 4) is 0 Å². The molecule has 1 aromatic carbocycles. The molecule has 2 aromatic rings. The third kappa shape index (κ3) is 3.50. The molecule has 3 amide bonds. The standard InChI is InChI=1S/C19H21N5O3S/c1-10(20)14-9-28-19(22-14)21-7-11-2-3-13-12(6-11)8-24(18(13)27)15-4-5-16(25)23-17(15)26/h2-3,6,9-10,15H,4-5,7-8,20H2,1H3,(H,21,22)(H,23,25,26)/t10-,15?/m1/s1. The molecule has 2 atom stereocenters. The molecule has 146 valence electrons. The average molecular weight is 399 g/mol. The smallest absolute Gasteiger partial charge is 0.255 e. The number of benzene rings is 1. The SMILES string of the molecule is C[C@@H](N)c1csc(NCc2ccc3c(c2)CN(C2CCC(=O)NC2=O)C3=O)n1. The highest BCUT2D eigenvalue weighted by atomic mass is 32.1. The summed E-state index contributed by atoms with van der Waals surface area (Å²) in [5, 5.41) is 8.33. The molecule has 28 heavy (non-hydrogen) atoms. The molecule has 0 bridgehead atoms. The van der Waals surface area contributed by atoms with Gasteiger partial charge in [-0.05, 0) is 30.5 Å². The lowest BCUT2D eigenvalue weighted by Crippen LogP contribution is -2.52. The number of imide groups is 1. The summed E-state index contributed by atoms with van der Waals surface area (Å²) in [7, 11) is 0. The highest BCUT2D eigenvalue weighted by Crippen LogP contribution is 2.28. The molecule has 8 nitrogen and oxygen atoms in total. The molecule has 4 rings (SSSR count). The number of nitrogens with two attached hydrogens (primary N) is 1. The van der Waals surface area contributed by atoms with E-state index < -0.39 is 11.9 Å². The van der Waals surface area contributed by atoms with Crippen LogP contribution in [0, 0.1) is 0 Å². The number of rotatable bonds is 5. The van der Waals surface area contributed by atoms with E-state index in [1.54, 1.807) is 11.0 Å². The minimum absolute atomic E-state index is 0.101. The predicted molar refractivity (Wildman–Crippen MR) is 105 cm³/mol. The van der Waals surface area contributed by atoms with Gasteiger partial charge in [0.05, 0.1) is 5.69 Å². The second-order valence-electron chi connectivity index (χ2n) is 7.11. The molecular formula is C19H21N5O3S. The van der Waals surface area contributed by atoms with E-state index in [1.807, 2.05) is 24.4 Å². The number of aromatic nitrogens is 1. The first kappa shape index (κ1) is 18.6. The van der Waals surface area contributed by atoms with Gasteiger partial charge in [-0.25, -0.2) is 4.98 Å². The summed E-state index contributed by atoms with van der Waals surface area (Å²) < 4.78 is 0. The van der Waals surface area contributed by atoms with Gasteiger partial charge >= 0.3 is 0 Å². The van der Waals surface area contributed by atoms with Crippen molar-refractivity contribution in [2.75, 3.05) is 5.32 Å². The number of carbonyl (C=O) groups excluding carboxylic acids is 3. The summed E-state index contributed by atoms with van der Waals surface area (Å²) in [4.78, 5) is 42.2. The molecule has 0 spiro atoms. The summed E-state index contributed by atoms with van der Waals surface area (Å²) in [5.41, 5.74) is 9.22. The molecule has 9 heteroatoms. The van der Waals surface area contributed by atoms with Crippen molar-refractivity contribution >= 4 is 34.2 Å². The monoisotopic (exact) mass is 399 g/mol. The van der Waals surface area contributed by atoms with Crippen molar-refractivity contribution in [3.63, 3.8) is 0 Å². The molecule has 4 N–H and O–H groups in total. The molecule has 1 fully saturated rings. The number of hydrogen-bond acceptors (Lipinski definition) is 7. The molecule has 1 saturated heterocycles. The Balaban J connectivity index is 1.44. The van der Waals surface area contributed by atoms with Crippen LogP contribution in [0.15, 0.2) is 23.6 Å². The Morgan fingerprint density at radius 2 is 2.21 bits per heavy atom. The molecule has 1 aromatic heterocycles. The van der Waals surface area contributed by atoms with E-state index >= 15 is 0 Å². The summed E-state index contributed by atoms with van der Waals surface area (Å²) in [6.45, 7) is 2.84. The zero-order valence-electron chi connectivity index (χ0n) is 15.4. The van der Waals surface area contributed by atoms with Gasteiger partial charge in [0.1, 0.15) is 6.04 Å². The van der Waals surface area contributed by atoms with Crippen molar-refractivity contribution in [2.45, 2.75) is 44.9 Å². The fourth-order valence-corrected chi connectivity index (χ4v) is 4.31. The van der Waals surface area contributed by atoms with E-state index in [4.69, 9.17) is 5.73 Å². The first-order chi connectivity index (χ1) is 13.4. The summed E-state index contributed by atoms with van der Waals surface area (Å²) in [6.07, 6.45) is 0.619. The Labute approximate surface area is 166 Å². The van der Waals surface area contributed by atoms with E-state index in [0.29, 0.717) is 25.1 Å². The number of hydrogen-bond donors (Lipinski definition) is 3. The minimum Gasteiger partial charge on any atom is -0.357 e. The quantitative estimate of drug-likeness (QED) is 0.657. The van der Waals surface area contributed by atoms with Crippen LogP contribution in [0.25, 0.3) is 0 Å². The van der Waals surface area contributed by atoms with E-state index in [0.717, 1.165) is 22.0 Å². The minimum atomic E-state index is -0.592. The zero-order valence-corrected chi connectivity index (χ0v) is 16.2. The number of amides is 3. The van der Waals surface area contributed by atoms with Crippen LogP contribution >= 0.6 is 11.3 Å². The molecule has 2 aliphatic heterocycles. The lowest BCUT2D eigenvalue weighted by atomic mass is 10.0. The number of carbonyl (C=O) groups is 3.